The minimum absolute atomic E-state index is 0.0289. The summed E-state index contributed by atoms with van der Waals surface area (Å²) in [6.45, 7) is 2.05. The maximum Gasteiger partial charge on any atom is 0.416 e. The molecule has 0 saturated heterocycles. The first-order valence-electron chi connectivity index (χ1n) is 6.12. The Labute approximate surface area is 118 Å². The first-order valence-corrected chi connectivity index (χ1v) is 6.12. The molecule has 0 unspecified atom stereocenters. The Balaban J connectivity index is 2.78. The van der Waals surface area contributed by atoms with Gasteiger partial charge in [-0.1, -0.05) is 6.92 Å². The van der Waals surface area contributed by atoms with Crippen LogP contribution in [0.15, 0.2) is 18.2 Å². The minimum Gasteiger partial charge on any atom is -0.378 e. The fraction of sp³-hybridized carbons (Fsp3) is 0.417. The number of carbonyl (C=O) groups excluding carboxylic acids is 1. The highest BCUT2D eigenvalue weighted by Crippen LogP contribution is 2.34. The van der Waals surface area contributed by atoms with Gasteiger partial charge in [0.1, 0.15) is 5.69 Å². The van der Waals surface area contributed by atoms with E-state index in [1.165, 1.54) is 0 Å². The van der Waals surface area contributed by atoms with Crippen LogP contribution in [0.5, 0.6) is 0 Å². The van der Waals surface area contributed by atoms with Crippen LogP contribution in [0.2, 0.25) is 0 Å². The van der Waals surface area contributed by atoms with Gasteiger partial charge in [0.25, 0.3) is 5.69 Å². The van der Waals surface area contributed by atoms with Crippen LogP contribution in [-0.4, -0.2) is 23.9 Å². The van der Waals surface area contributed by atoms with Gasteiger partial charge in [0.15, 0.2) is 0 Å². The van der Waals surface area contributed by atoms with Crippen molar-refractivity contribution in [2.24, 2.45) is 0 Å². The van der Waals surface area contributed by atoms with Gasteiger partial charge in [-0.2, -0.15) is 13.2 Å². The molecule has 0 fully saturated rings. The second-order valence-corrected chi connectivity index (χ2v) is 4.12. The number of benzene rings is 1. The summed E-state index contributed by atoms with van der Waals surface area (Å²) < 4.78 is 37.5. The quantitative estimate of drug-likeness (QED) is 0.480. The third-order valence-corrected chi connectivity index (χ3v) is 2.61. The summed E-state index contributed by atoms with van der Waals surface area (Å²) >= 11 is 0. The molecule has 1 aromatic carbocycles. The van der Waals surface area contributed by atoms with E-state index in [-0.39, 0.29) is 24.7 Å². The lowest BCUT2D eigenvalue weighted by atomic mass is 10.1. The Kier molecular flexibility index (Phi) is 5.51. The predicted octanol–water partition coefficient (Wildman–Crippen LogP) is 2.55. The molecule has 116 valence electrons. The second kappa shape index (κ2) is 6.91. The van der Waals surface area contributed by atoms with Gasteiger partial charge in [-0.15, -0.1) is 0 Å². The van der Waals surface area contributed by atoms with E-state index in [0.717, 1.165) is 12.1 Å². The highest BCUT2D eigenvalue weighted by molar-refractivity contribution is 5.75. The molecular formula is C12H14F3N3O3. The Morgan fingerprint density at radius 2 is 2.00 bits per heavy atom. The molecule has 0 radical (unpaired) electrons. The minimum atomic E-state index is -4.64. The number of hydrogen-bond acceptors (Lipinski definition) is 4. The Bertz CT molecular complexity index is 532. The highest BCUT2D eigenvalue weighted by Gasteiger charge is 2.32. The number of nitro benzene ring substituents is 1. The molecule has 0 atom stereocenters. The van der Waals surface area contributed by atoms with Crippen LogP contribution >= 0.6 is 0 Å². The van der Waals surface area contributed by atoms with Crippen LogP contribution in [-0.2, 0) is 11.0 Å². The average molecular weight is 305 g/mol. The van der Waals surface area contributed by atoms with Gasteiger partial charge in [0.2, 0.25) is 5.91 Å². The first kappa shape index (κ1) is 16.7. The number of hydrogen-bond donors (Lipinski definition) is 2. The van der Waals surface area contributed by atoms with E-state index >= 15 is 0 Å². The number of anilines is 1. The van der Waals surface area contributed by atoms with Crippen LogP contribution in [0.25, 0.3) is 0 Å². The second-order valence-electron chi connectivity index (χ2n) is 4.12. The van der Waals surface area contributed by atoms with Gasteiger partial charge in [-0.3, -0.25) is 14.9 Å². The fourth-order valence-electron chi connectivity index (χ4n) is 1.53. The first-order chi connectivity index (χ1) is 9.75. The molecular weight excluding hydrogens is 291 g/mol. The third kappa shape index (κ3) is 4.93. The van der Waals surface area contributed by atoms with E-state index in [1.54, 1.807) is 6.92 Å². The summed E-state index contributed by atoms with van der Waals surface area (Å²) in [7, 11) is 0. The van der Waals surface area contributed by atoms with Gasteiger partial charge in [-0.05, 0) is 12.1 Å². The number of nitrogens with zero attached hydrogens (tertiary/aromatic N) is 1. The lowest BCUT2D eigenvalue weighted by Gasteiger charge is -2.11. The topological polar surface area (TPSA) is 84.3 Å². The molecule has 1 aromatic rings. The number of alkyl halides is 3. The van der Waals surface area contributed by atoms with Gasteiger partial charge in [0, 0.05) is 25.6 Å². The molecule has 0 aliphatic carbocycles. The Hall–Kier alpha value is -2.32. The van der Waals surface area contributed by atoms with E-state index in [2.05, 4.69) is 10.6 Å². The fourth-order valence-corrected chi connectivity index (χ4v) is 1.53. The molecule has 1 rings (SSSR count). The van der Waals surface area contributed by atoms with Gasteiger partial charge in [0.05, 0.1) is 10.5 Å². The SMILES string of the molecule is CCC(=O)NCCNc1ccc(C(F)(F)F)cc1[N+](=O)[O-]. The number of nitro groups is 1. The molecule has 6 nitrogen and oxygen atoms in total. The molecule has 0 heterocycles. The summed E-state index contributed by atoms with van der Waals surface area (Å²) in [6.07, 6.45) is -4.33. The van der Waals surface area contributed by atoms with Crippen molar-refractivity contribution in [2.75, 3.05) is 18.4 Å². The molecule has 21 heavy (non-hydrogen) atoms. The monoisotopic (exact) mass is 305 g/mol. The highest BCUT2D eigenvalue weighted by atomic mass is 19.4. The Morgan fingerprint density at radius 1 is 1.33 bits per heavy atom. The van der Waals surface area contributed by atoms with Crippen LogP contribution in [0, 0.1) is 10.1 Å². The molecule has 0 spiro atoms. The molecule has 0 aliphatic heterocycles. The smallest absolute Gasteiger partial charge is 0.378 e. The number of rotatable bonds is 6. The van der Waals surface area contributed by atoms with Crippen molar-refractivity contribution in [2.45, 2.75) is 19.5 Å². The summed E-state index contributed by atoms with van der Waals surface area (Å²) in [6, 6.07) is 2.25. The van der Waals surface area contributed by atoms with Crippen molar-refractivity contribution in [1.82, 2.24) is 5.32 Å². The number of halogens is 3. The Morgan fingerprint density at radius 3 is 2.52 bits per heavy atom. The molecule has 0 aliphatic rings. The van der Waals surface area contributed by atoms with E-state index < -0.39 is 22.4 Å². The van der Waals surface area contributed by atoms with E-state index in [1.807, 2.05) is 0 Å². The number of amides is 1. The maximum absolute atomic E-state index is 12.5. The van der Waals surface area contributed by atoms with E-state index in [0.29, 0.717) is 12.5 Å². The van der Waals surface area contributed by atoms with E-state index in [9.17, 15) is 28.1 Å². The summed E-state index contributed by atoms with van der Waals surface area (Å²) in [5.74, 6) is -0.182. The van der Waals surface area contributed by atoms with Crippen LogP contribution < -0.4 is 10.6 Å². The van der Waals surface area contributed by atoms with Crippen LogP contribution in [0.4, 0.5) is 24.5 Å². The van der Waals surface area contributed by atoms with Crippen molar-refractivity contribution < 1.29 is 22.9 Å². The van der Waals surface area contributed by atoms with Crippen molar-refractivity contribution in [1.29, 1.82) is 0 Å². The number of nitrogens with one attached hydrogen (secondary N) is 2. The van der Waals surface area contributed by atoms with Crippen LogP contribution in [0.1, 0.15) is 18.9 Å². The zero-order chi connectivity index (χ0) is 16.0. The molecule has 9 heteroatoms. The lowest BCUT2D eigenvalue weighted by molar-refractivity contribution is -0.384. The third-order valence-electron chi connectivity index (χ3n) is 2.61. The summed E-state index contributed by atoms with van der Waals surface area (Å²) in [5.41, 5.74) is -1.77. The van der Waals surface area contributed by atoms with Crippen molar-refractivity contribution in [3.8, 4) is 0 Å². The van der Waals surface area contributed by atoms with Crippen molar-refractivity contribution >= 4 is 17.3 Å². The molecule has 0 aromatic heterocycles. The normalized spacial score (nSPS) is 11.0. The molecule has 2 N–H and O–H groups in total. The van der Waals surface area contributed by atoms with Crippen LogP contribution in [0.3, 0.4) is 0 Å². The number of carbonyl (C=O) groups is 1. The molecule has 1 amide bonds. The van der Waals surface area contributed by atoms with E-state index in [4.69, 9.17) is 0 Å². The molecule has 0 saturated carbocycles. The lowest BCUT2D eigenvalue weighted by Crippen LogP contribution is -2.28. The standard InChI is InChI=1S/C12H14F3N3O3/c1-2-11(19)17-6-5-16-9-4-3-8(12(13,14)15)7-10(9)18(20)21/h3-4,7,16H,2,5-6H2,1H3,(H,17,19). The summed E-state index contributed by atoms with van der Waals surface area (Å²) in [4.78, 5) is 20.9. The largest absolute Gasteiger partial charge is 0.416 e. The van der Waals surface area contributed by atoms with Gasteiger partial charge >= 0.3 is 6.18 Å². The maximum atomic E-state index is 12.5. The zero-order valence-corrected chi connectivity index (χ0v) is 11.2. The zero-order valence-electron chi connectivity index (χ0n) is 11.2. The van der Waals surface area contributed by atoms with Crippen molar-refractivity contribution in [3.63, 3.8) is 0 Å². The van der Waals surface area contributed by atoms with Crippen molar-refractivity contribution in [3.05, 3.63) is 33.9 Å². The predicted molar refractivity (Wildman–Crippen MR) is 69.9 cm³/mol. The average Bonchev–Trinajstić information content (AvgIpc) is 2.41. The summed E-state index contributed by atoms with van der Waals surface area (Å²) in [5, 5.41) is 16.0. The van der Waals surface area contributed by atoms with Gasteiger partial charge in [-0.25, -0.2) is 0 Å². The van der Waals surface area contributed by atoms with Gasteiger partial charge < -0.3 is 10.6 Å². The molecule has 0 bridgehead atoms.